The molecule has 36 heavy (non-hydrogen) atoms. The van der Waals surface area contributed by atoms with Crippen LogP contribution in [-0.4, -0.2) is 41.7 Å². The molecule has 5 rings (SSSR count). The van der Waals surface area contributed by atoms with Crippen LogP contribution in [-0.2, 0) is 36.9 Å². The smallest absolute Gasteiger partial charge is 0.130 e. The highest BCUT2D eigenvalue weighted by molar-refractivity contribution is 5.16. The topological polar surface area (TPSA) is 46.2 Å². The molecule has 0 aromatic heterocycles. The Kier molecular flexibility index (Phi) is 7.28. The van der Waals surface area contributed by atoms with Gasteiger partial charge in [-0.3, -0.25) is 0 Å². The van der Waals surface area contributed by atoms with Crippen LogP contribution in [0.4, 0.5) is 0 Å². The van der Waals surface area contributed by atoms with E-state index in [9.17, 15) is 0 Å². The van der Waals surface area contributed by atoms with Crippen molar-refractivity contribution in [3.8, 4) is 0 Å². The lowest BCUT2D eigenvalue weighted by Crippen LogP contribution is -2.69. The van der Waals surface area contributed by atoms with Crippen molar-refractivity contribution < 1.29 is 23.7 Å². The number of rotatable bonds is 8. The molecule has 3 heterocycles. The molecular weight excluding hydrogens is 452 g/mol. The van der Waals surface area contributed by atoms with Crippen LogP contribution < -0.4 is 0 Å². The van der Waals surface area contributed by atoms with E-state index in [2.05, 4.69) is 51.1 Å². The van der Waals surface area contributed by atoms with Crippen molar-refractivity contribution in [1.82, 2.24) is 0 Å². The van der Waals surface area contributed by atoms with E-state index in [-0.39, 0.29) is 23.9 Å². The van der Waals surface area contributed by atoms with Crippen molar-refractivity contribution in [2.24, 2.45) is 0 Å². The van der Waals surface area contributed by atoms with Gasteiger partial charge in [0, 0.05) is 32.3 Å². The maximum absolute atomic E-state index is 6.93. The Balaban J connectivity index is 1.31. The van der Waals surface area contributed by atoms with Crippen LogP contribution in [0.5, 0.6) is 0 Å². The number of fused-ring (bicyclic) bond motifs is 2. The van der Waals surface area contributed by atoms with E-state index in [1.165, 1.54) is 5.56 Å². The molecule has 2 fully saturated rings. The standard InChI is InChI=1S/C31H40O5/c1-23-15-16-30(3)26(34-23)19-27-31(4,36-30)20-28(33-22-25-13-9-6-10-14-25)29(2,35-27)17-18-32-21-24-11-7-5-8-12-24/h5-15,26-28H,16-22H2,1-4H3/t26-,27+,28+,29-,30+,31-/m1/s1. The molecule has 0 amide bonds. The summed E-state index contributed by atoms with van der Waals surface area (Å²) < 4.78 is 32.7. The van der Waals surface area contributed by atoms with Crippen LogP contribution in [0.1, 0.15) is 64.5 Å². The van der Waals surface area contributed by atoms with Crippen molar-refractivity contribution in [3.05, 3.63) is 83.6 Å². The van der Waals surface area contributed by atoms with Crippen molar-refractivity contribution in [1.29, 1.82) is 0 Å². The van der Waals surface area contributed by atoms with Gasteiger partial charge >= 0.3 is 0 Å². The molecule has 0 unspecified atom stereocenters. The second-order valence-corrected chi connectivity index (χ2v) is 11.3. The summed E-state index contributed by atoms with van der Waals surface area (Å²) in [6.07, 6.45) is 5.11. The van der Waals surface area contributed by atoms with E-state index in [0.717, 1.165) is 37.0 Å². The molecule has 0 saturated carbocycles. The number of benzene rings is 2. The highest BCUT2D eigenvalue weighted by Gasteiger charge is 2.60. The van der Waals surface area contributed by atoms with Gasteiger partial charge in [0.05, 0.1) is 42.4 Å². The largest absolute Gasteiger partial charge is 0.492 e. The van der Waals surface area contributed by atoms with Gasteiger partial charge < -0.3 is 23.7 Å². The summed E-state index contributed by atoms with van der Waals surface area (Å²) in [5.41, 5.74) is 1.04. The summed E-state index contributed by atoms with van der Waals surface area (Å²) >= 11 is 0. The first-order valence-electron chi connectivity index (χ1n) is 13.3. The third-order valence-electron chi connectivity index (χ3n) is 8.21. The fraction of sp³-hybridized carbons (Fsp3) is 0.548. The van der Waals surface area contributed by atoms with Gasteiger partial charge in [0.15, 0.2) is 0 Å². The highest BCUT2D eigenvalue weighted by atomic mass is 16.6. The number of hydrogen-bond donors (Lipinski definition) is 0. The molecule has 0 spiro atoms. The van der Waals surface area contributed by atoms with Crippen LogP contribution in [0.25, 0.3) is 0 Å². The molecule has 2 saturated heterocycles. The van der Waals surface area contributed by atoms with Crippen molar-refractivity contribution in [2.75, 3.05) is 6.61 Å². The molecule has 3 aliphatic heterocycles. The predicted octanol–water partition coefficient (Wildman–Crippen LogP) is 6.36. The molecule has 6 atom stereocenters. The van der Waals surface area contributed by atoms with E-state index in [4.69, 9.17) is 23.7 Å². The third kappa shape index (κ3) is 5.40. The van der Waals surface area contributed by atoms with Crippen LogP contribution >= 0.6 is 0 Å². The predicted molar refractivity (Wildman–Crippen MR) is 139 cm³/mol. The van der Waals surface area contributed by atoms with E-state index in [0.29, 0.717) is 19.8 Å². The fourth-order valence-corrected chi connectivity index (χ4v) is 5.92. The molecule has 5 nitrogen and oxygen atoms in total. The van der Waals surface area contributed by atoms with Crippen molar-refractivity contribution in [3.63, 3.8) is 0 Å². The Morgan fingerprint density at radius 1 is 0.861 bits per heavy atom. The zero-order valence-corrected chi connectivity index (χ0v) is 22.1. The maximum atomic E-state index is 6.93. The Morgan fingerprint density at radius 2 is 1.53 bits per heavy atom. The number of allylic oxidation sites excluding steroid dienone is 1. The van der Waals surface area contributed by atoms with Crippen LogP contribution in [0.3, 0.4) is 0 Å². The molecule has 0 bridgehead atoms. The zero-order chi connectivity index (χ0) is 25.2. The Bertz CT molecular complexity index is 1040. The van der Waals surface area contributed by atoms with Gasteiger partial charge in [-0.2, -0.15) is 0 Å². The van der Waals surface area contributed by atoms with Gasteiger partial charge in [-0.15, -0.1) is 0 Å². The van der Waals surface area contributed by atoms with Gasteiger partial charge in [-0.25, -0.2) is 0 Å². The molecular formula is C31H40O5. The molecule has 2 aromatic carbocycles. The normalized spacial score (nSPS) is 35.8. The van der Waals surface area contributed by atoms with Crippen molar-refractivity contribution >= 4 is 0 Å². The minimum atomic E-state index is -0.494. The molecule has 0 radical (unpaired) electrons. The fourth-order valence-electron chi connectivity index (χ4n) is 5.92. The van der Waals surface area contributed by atoms with Gasteiger partial charge in [0.1, 0.15) is 11.7 Å². The average molecular weight is 493 g/mol. The summed E-state index contributed by atoms with van der Waals surface area (Å²) in [6.45, 7) is 10.3. The second-order valence-electron chi connectivity index (χ2n) is 11.3. The second kappa shape index (κ2) is 10.3. The van der Waals surface area contributed by atoms with E-state index < -0.39 is 11.2 Å². The minimum Gasteiger partial charge on any atom is -0.492 e. The van der Waals surface area contributed by atoms with E-state index in [1.54, 1.807) is 0 Å². The summed E-state index contributed by atoms with van der Waals surface area (Å²) in [5.74, 6) is 0.974. The van der Waals surface area contributed by atoms with Crippen LogP contribution in [0.2, 0.25) is 0 Å². The van der Waals surface area contributed by atoms with Gasteiger partial charge in [-0.05, 0) is 44.9 Å². The zero-order valence-electron chi connectivity index (χ0n) is 22.1. The first kappa shape index (κ1) is 25.5. The minimum absolute atomic E-state index is 0.0130. The lowest BCUT2D eigenvalue weighted by atomic mass is 9.72. The first-order chi connectivity index (χ1) is 17.3. The number of ether oxygens (including phenoxy) is 5. The summed E-state index contributed by atoms with van der Waals surface area (Å²) in [7, 11) is 0. The molecule has 2 aromatic rings. The summed E-state index contributed by atoms with van der Waals surface area (Å²) in [4.78, 5) is 0. The van der Waals surface area contributed by atoms with Gasteiger partial charge in [0.2, 0.25) is 0 Å². The maximum Gasteiger partial charge on any atom is 0.130 e. The molecule has 0 N–H and O–H groups in total. The SMILES string of the molecule is CC1=CC[C@]2(C)O[C@]3(C)C[C@H](OCc4ccccc4)[C@@](C)(CCOCc4ccccc4)O[C@H]3C[C@H]2O1. The van der Waals surface area contributed by atoms with Crippen molar-refractivity contribution in [2.45, 2.75) is 102 Å². The molecule has 0 aliphatic carbocycles. The number of hydrogen-bond acceptors (Lipinski definition) is 5. The monoisotopic (exact) mass is 492 g/mol. The Hall–Kier alpha value is -2.18. The van der Waals surface area contributed by atoms with Gasteiger partial charge in [-0.1, -0.05) is 60.7 Å². The van der Waals surface area contributed by atoms with Crippen LogP contribution in [0, 0.1) is 0 Å². The molecule has 194 valence electrons. The summed E-state index contributed by atoms with van der Waals surface area (Å²) in [5, 5.41) is 0. The van der Waals surface area contributed by atoms with Crippen LogP contribution in [0.15, 0.2) is 72.5 Å². The Morgan fingerprint density at radius 3 is 2.22 bits per heavy atom. The highest BCUT2D eigenvalue weighted by Crippen LogP contribution is 2.51. The average Bonchev–Trinajstić information content (AvgIpc) is 2.87. The lowest BCUT2D eigenvalue weighted by molar-refractivity contribution is -0.342. The summed E-state index contributed by atoms with van der Waals surface area (Å²) in [6, 6.07) is 20.6. The van der Waals surface area contributed by atoms with Gasteiger partial charge in [0.25, 0.3) is 0 Å². The van der Waals surface area contributed by atoms with E-state index >= 15 is 0 Å². The lowest BCUT2D eigenvalue weighted by Gasteiger charge is -2.60. The first-order valence-corrected chi connectivity index (χ1v) is 13.3. The third-order valence-corrected chi connectivity index (χ3v) is 8.21. The quantitative estimate of drug-likeness (QED) is 0.402. The molecule has 3 aliphatic rings. The molecule has 5 heteroatoms. The van der Waals surface area contributed by atoms with E-state index in [1.807, 2.05) is 43.3 Å². The Labute approximate surface area is 215 Å².